The first-order chi connectivity index (χ1) is 21.6. The summed E-state index contributed by atoms with van der Waals surface area (Å²) in [4.78, 5) is 35.4. The Balaban J connectivity index is 1.12. The Kier molecular flexibility index (Phi) is 7.66. The summed E-state index contributed by atoms with van der Waals surface area (Å²) in [5.41, 5.74) is 1.15. The van der Waals surface area contributed by atoms with Gasteiger partial charge in [-0.25, -0.2) is 9.50 Å². The zero-order valence-electron chi connectivity index (χ0n) is 24.4. The van der Waals surface area contributed by atoms with Crippen molar-refractivity contribution in [3.8, 4) is 17.0 Å². The van der Waals surface area contributed by atoms with E-state index in [9.17, 15) is 18.4 Å². The van der Waals surface area contributed by atoms with Crippen LogP contribution in [0.4, 0.5) is 14.5 Å². The Labute approximate surface area is 261 Å². The normalized spacial score (nSPS) is 20.9. The zero-order chi connectivity index (χ0) is 31.3. The SMILES string of the molecule is CC1(CN2CC3CN(C(=O)Cn4cc(NC(=O)c5cnn6cccnc56)c(-c5cc(Cl)ccc5OC(F)F)n4)CC3C2)COC1. The van der Waals surface area contributed by atoms with Gasteiger partial charge in [-0.3, -0.25) is 14.3 Å². The van der Waals surface area contributed by atoms with Gasteiger partial charge in [0.15, 0.2) is 5.65 Å². The molecule has 0 radical (unpaired) electrons. The van der Waals surface area contributed by atoms with Gasteiger partial charge in [-0.1, -0.05) is 18.5 Å². The fraction of sp³-hybridized carbons (Fsp3) is 0.433. The van der Waals surface area contributed by atoms with Crippen LogP contribution in [0.2, 0.25) is 5.02 Å². The van der Waals surface area contributed by atoms with E-state index in [0.29, 0.717) is 30.6 Å². The molecule has 1 aromatic carbocycles. The molecular weight excluding hydrogens is 610 g/mol. The maximum atomic E-state index is 13.5. The van der Waals surface area contributed by atoms with Crippen LogP contribution in [0, 0.1) is 17.3 Å². The lowest BCUT2D eigenvalue weighted by Gasteiger charge is -2.41. The third kappa shape index (κ3) is 5.97. The van der Waals surface area contributed by atoms with Gasteiger partial charge < -0.3 is 24.6 Å². The van der Waals surface area contributed by atoms with E-state index < -0.39 is 12.5 Å². The van der Waals surface area contributed by atoms with E-state index in [1.807, 2.05) is 4.90 Å². The van der Waals surface area contributed by atoms with Crippen molar-refractivity contribution in [2.45, 2.75) is 20.1 Å². The number of hydrogen-bond acceptors (Lipinski definition) is 8. The largest absolute Gasteiger partial charge is 0.434 e. The molecule has 45 heavy (non-hydrogen) atoms. The number of aromatic nitrogens is 5. The monoisotopic (exact) mass is 640 g/mol. The highest BCUT2D eigenvalue weighted by atomic mass is 35.5. The summed E-state index contributed by atoms with van der Waals surface area (Å²) in [6.07, 6.45) is 6.07. The van der Waals surface area contributed by atoms with Gasteiger partial charge in [0.1, 0.15) is 23.6 Å². The first-order valence-electron chi connectivity index (χ1n) is 14.6. The molecule has 3 aromatic heterocycles. The second-order valence-corrected chi connectivity index (χ2v) is 12.8. The molecule has 0 aliphatic carbocycles. The Morgan fingerprint density at radius 1 is 1.20 bits per heavy atom. The van der Waals surface area contributed by atoms with E-state index in [4.69, 9.17) is 21.1 Å². The van der Waals surface area contributed by atoms with E-state index in [1.165, 1.54) is 46.0 Å². The second kappa shape index (κ2) is 11.7. The molecule has 3 aliphatic rings. The standard InChI is InChI=1S/C30H31ClF2N8O4/c1-30(16-44-17-30)15-38-9-18-11-39(12-19(18)10-38)25(42)14-40-13-23(36-28(43)22-8-35-41-6-2-5-34-27(22)41)26(37-40)21-7-20(31)3-4-24(21)45-29(32)33/h2-8,13,18-19,29H,9-12,14-17H2,1H3,(H,36,43). The zero-order valence-corrected chi connectivity index (χ0v) is 25.2. The number of halogens is 3. The molecule has 2 unspecified atom stereocenters. The molecule has 3 saturated heterocycles. The first-order valence-corrected chi connectivity index (χ1v) is 15.0. The van der Waals surface area contributed by atoms with Crippen LogP contribution in [-0.2, 0) is 16.1 Å². The number of nitrogens with one attached hydrogen (secondary N) is 1. The van der Waals surface area contributed by atoms with Crippen molar-refractivity contribution in [1.82, 2.24) is 34.2 Å². The summed E-state index contributed by atoms with van der Waals surface area (Å²) < 4.78 is 39.6. The molecule has 6 heterocycles. The van der Waals surface area contributed by atoms with Gasteiger partial charge >= 0.3 is 6.61 Å². The van der Waals surface area contributed by atoms with Crippen LogP contribution >= 0.6 is 11.6 Å². The van der Waals surface area contributed by atoms with Crippen molar-refractivity contribution in [1.29, 1.82) is 0 Å². The minimum atomic E-state index is -3.10. The molecule has 12 nitrogen and oxygen atoms in total. The summed E-state index contributed by atoms with van der Waals surface area (Å²) in [6.45, 7) is 4.84. The number of alkyl halides is 2. The lowest BCUT2D eigenvalue weighted by Crippen LogP contribution is -2.48. The number of rotatable bonds is 9. The van der Waals surface area contributed by atoms with Gasteiger partial charge in [0.25, 0.3) is 5.91 Å². The molecule has 0 saturated carbocycles. The average Bonchev–Trinajstić information content (AvgIpc) is 3.75. The van der Waals surface area contributed by atoms with Gasteiger partial charge in [0.05, 0.1) is 25.1 Å². The fourth-order valence-corrected chi connectivity index (χ4v) is 6.77. The molecule has 0 bridgehead atoms. The predicted molar refractivity (Wildman–Crippen MR) is 159 cm³/mol. The molecule has 0 spiro atoms. The lowest BCUT2D eigenvalue weighted by molar-refractivity contribution is -0.131. The first kappa shape index (κ1) is 29.6. The molecular formula is C30H31ClF2N8O4. The highest BCUT2D eigenvalue weighted by Crippen LogP contribution is 2.38. The van der Waals surface area contributed by atoms with Crippen molar-refractivity contribution in [2.75, 3.05) is 51.3 Å². The van der Waals surface area contributed by atoms with Crippen molar-refractivity contribution < 1.29 is 27.8 Å². The summed E-state index contributed by atoms with van der Waals surface area (Å²) in [7, 11) is 0. The van der Waals surface area contributed by atoms with E-state index in [2.05, 4.69) is 32.3 Å². The quantitative estimate of drug-likeness (QED) is 0.295. The number of carbonyl (C=O) groups excluding carboxylic acids is 2. The minimum Gasteiger partial charge on any atom is -0.434 e. The number of amides is 2. The van der Waals surface area contributed by atoms with E-state index in [-0.39, 0.29) is 51.1 Å². The highest BCUT2D eigenvalue weighted by Gasteiger charge is 2.44. The number of ether oxygens (including phenoxy) is 2. The van der Waals surface area contributed by atoms with Crippen LogP contribution in [0.3, 0.4) is 0 Å². The number of carbonyl (C=O) groups is 2. The smallest absolute Gasteiger partial charge is 0.387 e. The number of anilines is 1. The van der Waals surface area contributed by atoms with Crippen LogP contribution in [0.25, 0.3) is 16.9 Å². The molecule has 4 aromatic rings. The molecule has 1 N–H and O–H groups in total. The van der Waals surface area contributed by atoms with Crippen molar-refractivity contribution in [3.63, 3.8) is 0 Å². The minimum absolute atomic E-state index is 0.106. The van der Waals surface area contributed by atoms with Crippen molar-refractivity contribution >= 4 is 34.7 Å². The Morgan fingerprint density at radius 2 is 1.98 bits per heavy atom. The number of nitrogens with zero attached hydrogens (tertiary/aromatic N) is 7. The highest BCUT2D eigenvalue weighted by molar-refractivity contribution is 6.31. The molecule has 15 heteroatoms. The fourth-order valence-electron chi connectivity index (χ4n) is 6.60. The summed E-state index contributed by atoms with van der Waals surface area (Å²) >= 11 is 6.23. The molecule has 2 amide bonds. The summed E-state index contributed by atoms with van der Waals surface area (Å²) in [5.74, 6) is -0.0425. The third-order valence-corrected chi connectivity index (χ3v) is 8.90. The van der Waals surface area contributed by atoms with Gasteiger partial charge in [-0.15, -0.1) is 0 Å². The van der Waals surface area contributed by atoms with E-state index >= 15 is 0 Å². The van der Waals surface area contributed by atoms with E-state index in [0.717, 1.165) is 32.8 Å². The van der Waals surface area contributed by atoms with Crippen LogP contribution in [0.1, 0.15) is 17.3 Å². The summed E-state index contributed by atoms with van der Waals surface area (Å²) in [6, 6.07) is 5.82. The Bertz CT molecular complexity index is 1740. The molecule has 236 valence electrons. The molecule has 3 fully saturated rings. The number of benzene rings is 1. The number of hydrogen-bond donors (Lipinski definition) is 1. The second-order valence-electron chi connectivity index (χ2n) is 12.3. The Hall–Kier alpha value is -4.14. The van der Waals surface area contributed by atoms with Crippen molar-refractivity contribution in [3.05, 3.63) is 59.6 Å². The topological polar surface area (TPSA) is 119 Å². The molecule has 3 aliphatic heterocycles. The molecule has 2 atom stereocenters. The summed E-state index contributed by atoms with van der Waals surface area (Å²) in [5, 5.41) is 11.7. The lowest BCUT2D eigenvalue weighted by atomic mass is 9.88. The average molecular weight is 641 g/mol. The predicted octanol–water partition coefficient (Wildman–Crippen LogP) is 3.53. The number of likely N-dealkylation sites (tertiary alicyclic amines) is 2. The third-order valence-electron chi connectivity index (χ3n) is 8.66. The van der Waals surface area contributed by atoms with Gasteiger partial charge in [0.2, 0.25) is 5.91 Å². The van der Waals surface area contributed by atoms with E-state index in [1.54, 1.807) is 12.3 Å². The number of fused-ring (bicyclic) bond motifs is 2. The van der Waals surface area contributed by atoms with Crippen LogP contribution in [0.5, 0.6) is 5.75 Å². The van der Waals surface area contributed by atoms with Gasteiger partial charge in [-0.05, 0) is 36.1 Å². The Morgan fingerprint density at radius 3 is 2.69 bits per heavy atom. The van der Waals surface area contributed by atoms with Crippen LogP contribution in [-0.4, -0.2) is 98.5 Å². The maximum absolute atomic E-state index is 13.5. The van der Waals surface area contributed by atoms with Crippen molar-refractivity contribution in [2.24, 2.45) is 17.3 Å². The van der Waals surface area contributed by atoms with Gasteiger partial charge in [0, 0.05) is 67.3 Å². The van der Waals surface area contributed by atoms with Crippen LogP contribution < -0.4 is 10.1 Å². The van der Waals surface area contributed by atoms with Crippen LogP contribution in [0.15, 0.2) is 49.1 Å². The van der Waals surface area contributed by atoms with Gasteiger partial charge in [-0.2, -0.15) is 19.0 Å². The maximum Gasteiger partial charge on any atom is 0.387 e. The molecule has 7 rings (SSSR count).